The Bertz CT molecular complexity index is 485. The number of carboxylic acid groups (broad SMARTS) is 2. The van der Waals surface area contributed by atoms with Crippen molar-refractivity contribution in [1.29, 1.82) is 0 Å². The van der Waals surface area contributed by atoms with Crippen LogP contribution in [0.1, 0.15) is 123 Å². The third-order valence-corrected chi connectivity index (χ3v) is 6.56. The van der Waals surface area contributed by atoms with E-state index >= 15 is 0 Å². The molecule has 0 spiro atoms. The molecular weight excluding hydrogens is 416 g/mol. The lowest BCUT2D eigenvalue weighted by molar-refractivity contribution is -0.929. The first-order valence-corrected chi connectivity index (χ1v) is 13.3. The van der Waals surface area contributed by atoms with Gasteiger partial charge >= 0.3 is 0 Å². The Hall–Kier alpha value is -1.14. The first-order valence-electron chi connectivity index (χ1n) is 13.3. The quantitative estimate of drug-likeness (QED) is 0.145. The number of carboxylic acids is 2. The van der Waals surface area contributed by atoms with Crippen molar-refractivity contribution in [2.45, 2.75) is 129 Å². The van der Waals surface area contributed by atoms with Gasteiger partial charge in [-0.05, 0) is 20.5 Å². The zero-order valence-electron chi connectivity index (χ0n) is 23.1. The summed E-state index contributed by atoms with van der Waals surface area (Å²) in [6, 6.07) is 0. The molecule has 1 atom stereocenters. The standard InChI is InChI=1S/C25H52N2O2.C2H4O2/c1-7-8-9-10-11-12-13-14-15-16-17-18-19-20-21-22-23-25(24(28)29,26(2)3)27(4,5)6;1-2(3)4/h7-23H2,1-6H3;1H3,(H,3,4). The third-order valence-electron chi connectivity index (χ3n) is 6.56. The molecule has 6 heteroatoms. The van der Waals surface area contributed by atoms with Crippen LogP contribution in [0.15, 0.2) is 0 Å². The molecule has 0 saturated carbocycles. The predicted octanol–water partition coefficient (Wildman–Crippen LogP) is 5.44. The molecule has 198 valence electrons. The van der Waals surface area contributed by atoms with Gasteiger partial charge in [0.2, 0.25) is 0 Å². The van der Waals surface area contributed by atoms with Crippen LogP contribution in [-0.4, -0.2) is 67.3 Å². The molecule has 0 bridgehead atoms. The van der Waals surface area contributed by atoms with E-state index in [9.17, 15) is 9.90 Å². The lowest BCUT2D eigenvalue weighted by Gasteiger charge is -2.50. The van der Waals surface area contributed by atoms with Gasteiger partial charge in [-0.3, -0.25) is 9.69 Å². The Kier molecular flexibility index (Phi) is 20.9. The van der Waals surface area contributed by atoms with E-state index < -0.39 is 17.6 Å². The van der Waals surface area contributed by atoms with E-state index in [1.807, 2.05) is 40.1 Å². The van der Waals surface area contributed by atoms with Crippen molar-refractivity contribution in [2.24, 2.45) is 0 Å². The summed E-state index contributed by atoms with van der Waals surface area (Å²) in [4.78, 5) is 22.8. The molecule has 0 aromatic heterocycles. The molecule has 0 saturated heterocycles. The van der Waals surface area contributed by atoms with Crippen LogP contribution in [0.4, 0.5) is 0 Å². The fourth-order valence-corrected chi connectivity index (χ4v) is 4.64. The molecule has 0 aromatic carbocycles. The predicted molar refractivity (Wildman–Crippen MR) is 137 cm³/mol. The molecule has 1 unspecified atom stereocenters. The molecule has 33 heavy (non-hydrogen) atoms. The highest BCUT2D eigenvalue weighted by Gasteiger charge is 2.46. The van der Waals surface area contributed by atoms with Crippen molar-refractivity contribution >= 4 is 11.9 Å². The zero-order valence-corrected chi connectivity index (χ0v) is 23.1. The van der Waals surface area contributed by atoms with Gasteiger partial charge < -0.3 is 19.5 Å². The molecule has 0 aliphatic rings. The maximum Gasteiger partial charge on any atom is 0.300 e. The van der Waals surface area contributed by atoms with E-state index in [0.717, 1.165) is 19.8 Å². The maximum atomic E-state index is 11.9. The number of hydrogen-bond acceptors (Lipinski definition) is 4. The number of likely N-dealkylation sites (N-methyl/N-ethyl adjacent to an activating group) is 2. The van der Waals surface area contributed by atoms with Gasteiger partial charge in [0.05, 0.1) is 21.1 Å². The van der Waals surface area contributed by atoms with Gasteiger partial charge in [-0.2, -0.15) is 0 Å². The monoisotopic (exact) mass is 472 g/mol. The summed E-state index contributed by atoms with van der Waals surface area (Å²) < 4.78 is 0.362. The maximum absolute atomic E-state index is 11.9. The number of hydrogen-bond donors (Lipinski definition) is 1. The van der Waals surface area contributed by atoms with Crippen LogP contribution in [0.3, 0.4) is 0 Å². The van der Waals surface area contributed by atoms with Crippen molar-refractivity contribution in [1.82, 2.24) is 4.90 Å². The Morgan fingerprint density at radius 2 is 1.00 bits per heavy atom. The molecule has 0 aliphatic heterocycles. The van der Waals surface area contributed by atoms with Crippen LogP contribution in [0.5, 0.6) is 0 Å². The van der Waals surface area contributed by atoms with Gasteiger partial charge in [0, 0.05) is 13.3 Å². The molecule has 0 amide bonds. The smallest absolute Gasteiger partial charge is 0.300 e. The average molecular weight is 473 g/mol. The fraction of sp³-hybridized carbons (Fsp3) is 0.926. The van der Waals surface area contributed by atoms with Gasteiger partial charge in [0.15, 0.2) is 5.66 Å². The normalized spacial score (nSPS) is 13.3. The summed E-state index contributed by atoms with van der Waals surface area (Å²) >= 11 is 0. The Labute approximate surface area is 205 Å². The largest absolute Gasteiger partial charge is 0.543 e. The Morgan fingerprint density at radius 1 is 0.727 bits per heavy atom. The number of carbonyl (C=O) groups is 2. The molecule has 0 aromatic rings. The van der Waals surface area contributed by atoms with E-state index in [1.165, 1.54) is 89.9 Å². The number of aliphatic carboxylic acids is 2. The van der Waals surface area contributed by atoms with Gasteiger partial charge in [-0.1, -0.05) is 103 Å². The second-order valence-corrected chi connectivity index (χ2v) is 10.6. The number of rotatable bonds is 20. The summed E-state index contributed by atoms with van der Waals surface area (Å²) in [7, 11) is 9.55. The van der Waals surface area contributed by atoms with Crippen LogP contribution in [0, 0.1) is 0 Å². The number of nitrogens with zero attached hydrogens (tertiary/aromatic N) is 2. The van der Waals surface area contributed by atoms with Crippen molar-refractivity contribution in [3.63, 3.8) is 0 Å². The number of quaternary nitrogens is 1. The first kappa shape index (κ1) is 34.0. The van der Waals surface area contributed by atoms with Crippen molar-refractivity contribution in [3.8, 4) is 0 Å². The summed E-state index contributed by atoms with van der Waals surface area (Å²) in [6.45, 7) is 3.36. The molecular formula is C27H56N2O4. The van der Waals surface area contributed by atoms with E-state index in [1.54, 1.807) is 0 Å². The molecule has 6 nitrogen and oxygen atoms in total. The third kappa shape index (κ3) is 17.0. The van der Waals surface area contributed by atoms with Gasteiger partial charge in [0.25, 0.3) is 5.97 Å². The first-order chi connectivity index (χ1) is 15.4. The SMILES string of the molecule is CC(=O)O.CCCCCCCCCCCCCCCCCCC(C(=O)[O-])(N(C)C)[N+](C)(C)C. The van der Waals surface area contributed by atoms with Crippen molar-refractivity contribution in [2.75, 3.05) is 35.2 Å². The van der Waals surface area contributed by atoms with E-state index in [0.29, 0.717) is 10.9 Å². The van der Waals surface area contributed by atoms with Crippen LogP contribution in [-0.2, 0) is 9.59 Å². The molecule has 0 fully saturated rings. The second-order valence-electron chi connectivity index (χ2n) is 10.6. The van der Waals surface area contributed by atoms with Crippen molar-refractivity contribution < 1.29 is 24.3 Å². The highest BCUT2D eigenvalue weighted by Crippen LogP contribution is 2.28. The minimum Gasteiger partial charge on any atom is -0.543 e. The van der Waals surface area contributed by atoms with Gasteiger partial charge in [-0.15, -0.1) is 0 Å². The van der Waals surface area contributed by atoms with E-state index in [-0.39, 0.29) is 0 Å². The average Bonchev–Trinajstić information content (AvgIpc) is 2.68. The summed E-state index contributed by atoms with van der Waals surface area (Å²) in [5.41, 5.74) is -0.948. The summed E-state index contributed by atoms with van der Waals surface area (Å²) in [5.74, 6) is -1.80. The van der Waals surface area contributed by atoms with E-state index in [4.69, 9.17) is 9.90 Å². The fourth-order valence-electron chi connectivity index (χ4n) is 4.64. The lowest BCUT2D eigenvalue weighted by atomic mass is 9.96. The molecule has 0 heterocycles. The Balaban J connectivity index is 0. The summed E-state index contributed by atoms with van der Waals surface area (Å²) in [5, 5.41) is 19.3. The highest BCUT2D eigenvalue weighted by molar-refractivity contribution is 5.74. The molecule has 0 radical (unpaired) electrons. The number of unbranched alkanes of at least 4 members (excludes halogenated alkanes) is 15. The van der Waals surface area contributed by atoms with Crippen LogP contribution in [0.25, 0.3) is 0 Å². The van der Waals surface area contributed by atoms with Crippen molar-refractivity contribution in [3.05, 3.63) is 0 Å². The molecule has 1 N–H and O–H groups in total. The Morgan fingerprint density at radius 3 is 1.21 bits per heavy atom. The topological polar surface area (TPSA) is 80.7 Å². The van der Waals surface area contributed by atoms with Crippen LogP contribution in [0.2, 0.25) is 0 Å². The van der Waals surface area contributed by atoms with E-state index in [2.05, 4.69) is 6.92 Å². The minimum atomic E-state index is -0.962. The lowest BCUT2D eigenvalue weighted by Crippen LogP contribution is -2.72. The minimum absolute atomic E-state index is 0.362. The van der Waals surface area contributed by atoms with Gasteiger partial charge in [-0.25, -0.2) is 0 Å². The highest BCUT2D eigenvalue weighted by atomic mass is 16.4. The molecule has 0 aliphatic carbocycles. The van der Waals surface area contributed by atoms with Crippen LogP contribution < -0.4 is 5.11 Å². The summed E-state index contributed by atoms with van der Waals surface area (Å²) in [6.07, 6.45) is 21.9. The molecule has 0 rings (SSSR count). The van der Waals surface area contributed by atoms with Crippen LogP contribution >= 0.6 is 0 Å². The number of carbonyl (C=O) groups excluding carboxylic acids is 1. The van der Waals surface area contributed by atoms with Gasteiger partial charge in [0.1, 0.15) is 5.97 Å². The zero-order chi connectivity index (χ0) is 25.8. The second kappa shape index (κ2) is 20.3.